The van der Waals surface area contributed by atoms with E-state index in [0.29, 0.717) is 13.0 Å². The van der Waals surface area contributed by atoms with E-state index in [9.17, 15) is 13.2 Å². The lowest BCUT2D eigenvalue weighted by atomic mass is 9.97. The predicted octanol–water partition coefficient (Wildman–Crippen LogP) is 1.14. The van der Waals surface area contributed by atoms with E-state index in [1.165, 1.54) is 24.6 Å². The van der Waals surface area contributed by atoms with Gasteiger partial charge in [0.15, 0.2) is 0 Å². The summed E-state index contributed by atoms with van der Waals surface area (Å²) in [6.07, 6.45) is 9.76. The Morgan fingerprint density at radius 2 is 2.24 bits per heavy atom. The first-order chi connectivity index (χ1) is 9.97. The second kappa shape index (κ2) is 6.86. The Balaban J connectivity index is 1.90. The summed E-state index contributed by atoms with van der Waals surface area (Å²) in [5, 5.41) is 12.4. The SMILES string of the molecule is O=C(O)Cn1cc(S(=O)(=O)NCCC2=CCCCC2)cn1. The molecule has 7 nitrogen and oxygen atoms in total. The topological polar surface area (TPSA) is 101 Å². The van der Waals surface area contributed by atoms with Crippen LogP contribution in [0.2, 0.25) is 0 Å². The molecule has 0 spiro atoms. The molecule has 1 heterocycles. The summed E-state index contributed by atoms with van der Waals surface area (Å²) in [5.41, 5.74) is 1.30. The van der Waals surface area contributed by atoms with Crippen LogP contribution >= 0.6 is 0 Å². The molecular weight excluding hydrogens is 294 g/mol. The van der Waals surface area contributed by atoms with E-state index in [1.807, 2.05) is 0 Å². The first-order valence-corrected chi connectivity index (χ1v) is 8.37. The minimum Gasteiger partial charge on any atom is -0.480 e. The molecule has 0 unspecified atom stereocenters. The summed E-state index contributed by atoms with van der Waals surface area (Å²) in [6.45, 7) is -0.0132. The number of aromatic nitrogens is 2. The Kier molecular flexibility index (Phi) is 5.13. The van der Waals surface area contributed by atoms with Gasteiger partial charge < -0.3 is 5.11 Å². The molecule has 0 radical (unpaired) electrons. The lowest BCUT2D eigenvalue weighted by Crippen LogP contribution is -2.25. The Labute approximate surface area is 123 Å². The molecule has 21 heavy (non-hydrogen) atoms. The van der Waals surface area contributed by atoms with Crippen LogP contribution in [-0.2, 0) is 21.4 Å². The van der Waals surface area contributed by atoms with Gasteiger partial charge in [-0.15, -0.1) is 0 Å². The number of allylic oxidation sites excluding steroid dienone is 1. The largest absolute Gasteiger partial charge is 0.480 e. The minimum absolute atomic E-state index is 0.0126. The maximum atomic E-state index is 12.0. The van der Waals surface area contributed by atoms with E-state index in [2.05, 4.69) is 15.9 Å². The van der Waals surface area contributed by atoms with Gasteiger partial charge in [-0.2, -0.15) is 5.10 Å². The van der Waals surface area contributed by atoms with Crippen molar-refractivity contribution < 1.29 is 18.3 Å². The number of hydrogen-bond acceptors (Lipinski definition) is 4. The number of carbonyl (C=O) groups is 1. The third kappa shape index (κ3) is 4.68. The van der Waals surface area contributed by atoms with Gasteiger partial charge in [0, 0.05) is 12.7 Å². The summed E-state index contributed by atoms with van der Waals surface area (Å²) in [4.78, 5) is 10.5. The summed E-state index contributed by atoms with van der Waals surface area (Å²) < 4.78 is 27.7. The molecule has 0 saturated carbocycles. The fourth-order valence-corrected chi connectivity index (χ4v) is 3.25. The monoisotopic (exact) mass is 313 g/mol. The fraction of sp³-hybridized carbons (Fsp3) is 0.538. The molecule has 1 aliphatic carbocycles. The molecule has 1 aromatic heterocycles. The smallest absolute Gasteiger partial charge is 0.325 e. The van der Waals surface area contributed by atoms with Gasteiger partial charge in [-0.1, -0.05) is 11.6 Å². The number of nitrogens with one attached hydrogen (secondary N) is 1. The summed E-state index contributed by atoms with van der Waals surface area (Å²) in [6, 6.07) is 0. The third-order valence-electron chi connectivity index (χ3n) is 3.34. The molecule has 1 aromatic rings. The van der Waals surface area contributed by atoms with Crippen LogP contribution < -0.4 is 4.72 Å². The lowest BCUT2D eigenvalue weighted by molar-refractivity contribution is -0.137. The maximum Gasteiger partial charge on any atom is 0.325 e. The number of hydrogen-bond donors (Lipinski definition) is 2. The van der Waals surface area contributed by atoms with Crippen LogP contribution in [0.3, 0.4) is 0 Å². The van der Waals surface area contributed by atoms with Crippen LogP contribution in [-0.4, -0.2) is 35.8 Å². The van der Waals surface area contributed by atoms with Gasteiger partial charge >= 0.3 is 5.97 Å². The van der Waals surface area contributed by atoms with Crippen molar-refractivity contribution in [3.8, 4) is 0 Å². The predicted molar refractivity (Wildman–Crippen MR) is 76.2 cm³/mol. The molecule has 8 heteroatoms. The number of aliphatic carboxylic acids is 1. The Morgan fingerprint density at radius 3 is 2.90 bits per heavy atom. The molecule has 0 amide bonds. The maximum absolute atomic E-state index is 12.0. The van der Waals surface area contributed by atoms with E-state index in [1.54, 1.807) is 0 Å². The molecule has 2 rings (SSSR count). The van der Waals surface area contributed by atoms with E-state index in [0.717, 1.165) is 23.7 Å². The highest BCUT2D eigenvalue weighted by Crippen LogP contribution is 2.19. The summed E-state index contributed by atoms with van der Waals surface area (Å²) in [5.74, 6) is -1.07. The Hall–Kier alpha value is -1.67. The van der Waals surface area contributed by atoms with Crippen molar-refractivity contribution in [1.29, 1.82) is 0 Å². The van der Waals surface area contributed by atoms with Crippen molar-refractivity contribution in [2.24, 2.45) is 0 Å². The zero-order valence-corrected chi connectivity index (χ0v) is 12.5. The molecule has 0 bridgehead atoms. The zero-order chi connectivity index (χ0) is 15.3. The van der Waals surface area contributed by atoms with Crippen LogP contribution in [0.1, 0.15) is 32.1 Å². The van der Waals surface area contributed by atoms with Crippen molar-refractivity contribution in [3.63, 3.8) is 0 Å². The van der Waals surface area contributed by atoms with Crippen molar-refractivity contribution in [2.45, 2.75) is 43.5 Å². The van der Waals surface area contributed by atoms with E-state index in [-0.39, 0.29) is 11.4 Å². The number of carboxylic acids is 1. The van der Waals surface area contributed by atoms with Crippen molar-refractivity contribution in [1.82, 2.24) is 14.5 Å². The van der Waals surface area contributed by atoms with Gasteiger partial charge in [0.25, 0.3) is 0 Å². The summed E-state index contributed by atoms with van der Waals surface area (Å²) in [7, 11) is -3.63. The average molecular weight is 313 g/mol. The van der Waals surface area contributed by atoms with Crippen LogP contribution in [0, 0.1) is 0 Å². The molecule has 0 aliphatic heterocycles. The highest BCUT2D eigenvalue weighted by atomic mass is 32.2. The molecule has 0 atom stereocenters. The van der Waals surface area contributed by atoms with Gasteiger partial charge in [-0.3, -0.25) is 9.48 Å². The van der Waals surface area contributed by atoms with Gasteiger partial charge in [-0.05, 0) is 32.1 Å². The van der Waals surface area contributed by atoms with Crippen LogP contribution in [0.25, 0.3) is 0 Å². The Morgan fingerprint density at radius 1 is 1.43 bits per heavy atom. The highest BCUT2D eigenvalue weighted by molar-refractivity contribution is 7.89. The van der Waals surface area contributed by atoms with Crippen LogP contribution in [0.5, 0.6) is 0 Å². The standard InChI is InChI=1S/C13H19N3O4S/c17-13(18)10-16-9-12(8-14-16)21(19,20)15-7-6-11-4-2-1-3-5-11/h4,8-9,15H,1-3,5-7,10H2,(H,17,18). The van der Waals surface area contributed by atoms with E-state index >= 15 is 0 Å². The molecule has 2 N–H and O–H groups in total. The number of nitrogens with zero attached hydrogens (tertiary/aromatic N) is 2. The molecule has 0 fully saturated rings. The first-order valence-electron chi connectivity index (χ1n) is 6.89. The average Bonchev–Trinajstić information content (AvgIpc) is 2.88. The van der Waals surface area contributed by atoms with Crippen molar-refractivity contribution in [2.75, 3.05) is 6.54 Å². The summed E-state index contributed by atoms with van der Waals surface area (Å²) >= 11 is 0. The lowest BCUT2D eigenvalue weighted by Gasteiger charge is -2.12. The van der Waals surface area contributed by atoms with Gasteiger partial charge in [0.05, 0.1) is 6.20 Å². The molecule has 0 saturated heterocycles. The quantitative estimate of drug-likeness (QED) is 0.735. The van der Waals surface area contributed by atoms with E-state index < -0.39 is 16.0 Å². The normalized spacial score (nSPS) is 15.7. The first kappa shape index (κ1) is 15.7. The molecule has 1 aliphatic rings. The van der Waals surface area contributed by atoms with Crippen molar-refractivity contribution >= 4 is 16.0 Å². The molecular formula is C13H19N3O4S. The van der Waals surface area contributed by atoms with Gasteiger partial charge in [0.1, 0.15) is 11.4 Å². The van der Waals surface area contributed by atoms with Gasteiger partial charge in [-0.25, -0.2) is 13.1 Å². The van der Waals surface area contributed by atoms with E-state index in [4.69, 9.17) is 5.11 Å². The second-order valence-corrected chi connectivity index (χ2v) is 6.79. The van der Waals surface area contributed by atoms with Crippen LogP contribution in [0.15, 0.2) is 28.9 Å². The second-order valence-electron chi connectivity index (χ2n) is 5.02. The number of carboxylic acid groups (broad SMARTS) is 1. The third-order valence-corrected chi connectivity index (χ3v) is 4.76. The molecule has 0 aromatic carbocycles. The highest BCUT2D eigenvalue weighted by Gasteiger charge is 2.17. The van der Waals surface area contributed by atoms with Gasteiger partial charge in [0.2, 0.25) is 10.0 Å². The number of sulfonamides is 1. The fourth-order valence-electron chi connectivity index (χ4n) is 2.27. The molecule has 116 valence electrons. The minimum atomic E-state index is -3.63. The van der Waals surface area contributed by atoms with Crippen molar-refractivity contribution in [3.05, 3.63) is 24.0 Å². The van der Waals surface area contributed by atoms with Crippen LogP contribution in [0.4, 0.5) is 0 Å². The Bertz CT molecular complexity index is 634. The zero-order valence-electron chi connectivity index (χ0n) is 11.7. The number of rotatable bonds is 7.